The number of aromatic nitrogens is 1. The summed E-state index contributed by atoms with van der Waals surface area (Å²) in [5.74, 6) is 0.0811. The molecule has 0 unspecified atom stereocenters. The van der Waals surface area contributed by atoms with E-state index in [9.17, 15) is 4.39 Å². The Kier molecular flexibility index (Phi) is 3.90. The Bertz CT molecular complexity index is 610. The van der Waals surface area contributed by atoms with Gasteiger partial charge >= 0.3 is 0 Å². The normalized spacial score (nSPS) is 9.83. The highest BCUT2D eigenvalue weighted by atomic mass is 79.9. The standard InChI is InChI=1S/C13H8BrFN2O/c14-11-4-12(7-17-6-11)18-8-9-1-2-13(15)10(3-9)5-16/h1-4,6-7H,8H2. The van der Waals surface area contributed by atoms with Gasteiger partial charge in [0.2, 0.25) is 0 Å². The summed E-state index contributed by atoms with van der Waals surface area (Å²) in [6, 6.07) is 7.89. The van der Waals surface area contributed by atoms with Crippen LogP contribution in [0.1, 0.15) is 11.1 Å². The molecule has 0 N–H and O–H groups in total. The predicted octanol–water partition coefficient (Wildman–Crippen LogP) is 3.43. The molecular formula is C13H8BrFN2O. The summed E-state index contributed by atoms with van der Waals surface area (Å²) < 4.78 is 19.4. The fourth-order valence-electron chi connectivity index (χ4n) is 1.39. The minimum absolute atomic E-state index is 0.0171. The molecule has 90 valence electrons. The van der Waals surface area contributed by atoms with Crippen LogP contribution in [0.15, 0.2) is 41.1 Å². The molecule has 18 heavy (non-hydrogen) atoms. The largest absolute Gasteiger partial charge is 0.487 e. The lowest BCUT2D eigenvalue weighted by Crippen LogP contribution is -1.97. The summed E-state index contributed by atoms with van der Waals surface area (Å²) in [4.78, 5) is 3.96. The van der Waals surface area contributed by atoms with E-state index in [1.807, 2.05) is 0 Å². The third-order valence-electron chi connectivity index (χ3n) is 2.24. The van der Waals surface area contributed by atoms with Crippen molar-refractivity contribution in [1.29, 1.82) is 5.26 Å². The van der Waals surface area contributed by atoms with Crippen molar-refractivity contribution < 1.29 is 9.13 Å². The second kappa shape index (κ2) is 5.61. The third kappa shape index (κ3) is 3.05. The monoisotopic (exact) mass is 306 g/mol. The van der Waals surface area contributed by atoms with Crippen LogP contribution in [0.2, 0.25) is 0 Å². The zero-order valence-corrected chi connectivity index (χ0v) is 10.8. The molecule has 0 spiro atoms. The molecule has 2 rings (SSSR count). The van der Waals surface area contributed by atoms with Crippen LogP contribution in [-0.2, 0) is 6.61 Å². The molecule has 3 nitrogen and oxygen atoms in total. The smallest absolute Gasteiger partial charge is 0.140 e. The first kappa shape index (κ1) is 12.5. The highest BCUT2D eigenvalue weighted by molar-refractivity contribution is 9.10. The van der Waals surface area contributed by atoms with Crippen molar-refractivity contribution in [2.24, 2.45) is 0 Å². The minimum Gasteiger partial charge on any atom is -0.487 e. The van der Waals surface area contributed by atoms with Crippen molar-refractivity contribution in [3.05, 3.63) is 58.1 Å². The number of hydrogen-bond donors (Lipinski definition) is 0. The molecule has 0 aliphatic heterocycles. The lowest BCUT2D eigenvalue weighted by atomic mass is 10.1. The number of nitrogens with zero attached hydrogens (tertiary/aromatic N) is 2. The Morgan fingerprint density at radius 3 is 2.89 bits per heavy atom. The van der Waals surface area contributed by atoms with E-state index in [4.69, 9.17) is 10.00 Å². The SMILES string of the molecule is N#Cc1cc(COc2cncc(Br)c2)ccc1F. The van der Waals surface area contributed by atoms with E-state index in [0.29, 0.717) is 5.75 Å². The number of pyridine rings is 1. The molecule has 0 saturated heterocycles. The van der Waals surface area contributed by atoms with E-state index in [1.165, 1.54) is 12.1 Å². The molecule has 1 heterocycles. The Morgan fingerprint density at radius 1 is 1.33 bits per heavy atom. The maximum absolute atomic E-state index is 13.1. The van der Waals surface area contributed by atoms with Crippen LogP contribution in [-0.4, -0.2) is 4.98 Å². The first-order valence-corrected chi connectivity index (χ1v) is 5.90. The van der Waals surface area contributed by atoms with Gasteiger partial charge in [0, 0.05) is 10.7 Å². The van der Waals surface area contributed by atoms with Gasteiger partial charge in [-0.1, -0.05) is 6.07 Å². The molecule has 0 atom stereocenters. The number of benzene rings is 1. The van der Waals surface area contributed by atoms with Gasteiger partial charge in [0.1, 0.15) is 24.2 Å². The average Bonchev–Trinajstić information content (AvgIpc) is 2.38. The van der Waals surface area contributed by atoms with Crippen molar-refractivity contribution in [2.75, 3.05) is 0 Å². The molecule has 0 bridgehead atoms. The van der Waals surface area contributed by atoms with Crippen LogP contribution in [0.3, 0.4) is 0 Å². The van der Waals surface area contributed by atoms with E-state index < -0.39 is 5.82 Å². The van der Waals surface area contributed by atoms with Crippen molar-refractivity contribution >= 4 is 15.9 Å². The van der Waals surface area contributed by atoms with E-state index >= 15 is 0 Å². The Hall–Kier alpha value is -1.93. The lowest BCUT2D eigenvalue weighted by molar-refractivity contribution is 0.304. The zero-order chi connectivity index (χ0) is 13.0. The van der Waals surface area contributed by atoms with E-state index in [2.05, 4.69) is 20.9 Å². The second-order valence-corrected chi connectivity index (χ2v) is 4.47. The molecule has 0 radical (unpaired) electrons. The quantitative estimate of drug-likeness (QED) is 0.872. The first-order valence-electron chi connectivity index (χ1n) is 5.11. The second-order valence-electron chi connectivity index (χ2n) is 3.55. The van der Waals surface area contributed by atoms with Gasteiger partial charge in [-0.2, -0.15) is 5.26 Å². The Labute approximate surface area is 112 Å². The van der Waals surface area contributed by atoms with Crippen LogP contribution >= 0.6 is 15.9 Å². The summed E-state index contributed by atoms with van der Waals surface area (Å²) in [6.07, 6.45) is 3.23. The number of ether oxygens (including phenoxy) is 1. The van der Waals surface area contributed by atoms with Crippen molar-refractivity contribution in [3.8, 4) is 11.8 Å². The fourth-order valence-corrected chi connectivity index (χ4v) is 1.73. The lowest BCUT2D eigenvalue weighted by Gasteiger charge is -2.06. The average molecular weight is 307 g/mol. The number of hydrogen-bond acceptors (Lipinski definition) is 3. The summed E-state index contributed by atoms with van der Waals surface area (Å²) in [7, 11) is 0. The topological polar surface area (TPSA) is 45.9 Å². The van der Waals surface area contributed by atoms with Gasteiger partial charge in [0.15, 0.2) is 0 Å². The van der Waals surface area contributed by atoms with Crippen molar-refractivity contribution in [2.45, 2.75) is 6.61 Å². The Morgan fingerprint density at radius 2 is 2.17 bits per heavy atom. The summed E-state index contributed by atoms with van der Waals surface area (Å²) in [5, 5.41) is 8.72. The van der Waals surface area contributed by atoms with Crippen LogP contribution in [0.5, 0.6) is 5.75 Å². The molecule has 0 aliphatic carbocycles. The van der Waals surface area contributed by atoms with Crippen LogP contribution in [0, 0.1) is 17.1 Å². The maximum atomic E-state index is 13.1. The first-order chi connectivity index (χ1) is 8.69. The predicted molar refractivity (Wildman–Crippen MR) is 67.4 cm³/mol. The number of halogens is 2. The van der Waals surface area contributed by atoms with Crippen molar-refractivity contribution in [1.82, 2.24) is 4.98 Å². The summed E-state index contributed by atoms with van der Waals surface area (Å²) >= 11 is 3.29. The molecule has 0 fully saturated rings. The minimum atomic E-state index is -0.523. The van der Waals surface area contributed by atoms with E-state index in [1.54, 1.807) is 30.6 Å². The van der Waals surface area contributed by atoms with Gasteiger partial charge in [0.25, 0.3) is 0 Å². The van der Waals surface area contributed by atoms with Gasteiger partial charge in [-0.05, 0) is 39.7 Å². The fraction of sp³-hybridized carbons (Fsp3) is 0.0769. The van der Waals surface area contributed by atoms with Gasteiger partial charge in [-0.25, -0.2) is 4.39 Å². The van der Waals surface area contributed by atoms with Gasteiger partial charge in [-0.15, -0.1) is 0 Å². The Balaban J connectivity index is 2.09. The zero-order valence-electron chi connectivity index (χ0n) is 9.23. The molecule has 2 aromatic rings. The van der Waals surface area contributed by atoms with Gasteiger partial charge in [0.05, 0.1) is 11.8 Å². The van der Waals surface area contributed by atoms with Gasteiger partial charge in [-0.3, -0.25) is 4.98 Å². The molecule has 0 amide bonds. The van der Waals surface area contributed by atoms with E-state index in [-0.39, 0.29) is 12.2 Å². The molecule has 1 aromatic heterocycles. The number of nitriles is 1. The van der Waals surface area contributed by atoms with Crippen molar-refractivity contribution in [3.63, 3.8) is 0 Å². The molecule has 1 aromatic carbocycles. The van der Waals surface area contributed by atoms with Gasteiger partial charge < -0.3 is 4.74 Å². The van der Waals surface area contributed by atoms with Crippen LogP contribution in [0.4, 0.5) is 4.39 Å². The maximum Gasteiger partial charge on any atom is 0.140 e. The number of rotatable bonds is 3. The van der Waals surface area contributed by atoms with Crippen LogP contribution in [0.25, 0.3) is 0 Å². The highest BCUT2D eigenvalue weighted by Gasteiger charge is 2.03. The summed E-state index contributed by atoms with van der Waals surface area (Å²) in [5.41, 5.74) is 0.747. The summed E-state index contributed by atoms with van der Waals surface area (Å²) in [6.45, 7) is 0.257. The molecule has 5 heteroatoms. The van der Waals surface area contributed by atoms with E-state index in [0.717, 1.165) is 10.0 Å². The molecule has 0 aliphatic rings. The van der Waals surface area contributed by atoms with Crippen LogP contribution < -0.4 is 4.74 Å². The molecular weight excluding hydrogens is 299 g/mol. The highest BCUT2D eigenvalue weighted by Crippen LogP contribution is 2.18. The molecule has 0 saturated carbocycles. The third-order valence-corrected chi connectivity index (χ3v) is 2.67.